The van der Waals surface area contributed by atoms with Gasteiger partial charge in [-0.05, 0) is 54.8 Å². The number of quaternary nitrogens is 1. The Morgan fingerprint density at radius 2 is 1.82 bits per heavy atom. The zero-order chi connectivity index (χ0) is 15.5. The molecule has 2 fully saturated rings. The van der Waals surface area contributed by atoms with Gasteiger partial charge in [0.25, 0.3) is 11.1 Å². The predicted octanol–water partition coefficient (Wildman–Crippen LogP) is 2.40. The van der Waals surface area contributed by atoms with Gasteiger partial charge in [-0.3, -0.25) is 9.59 Å². The molecule has 1 aromatic rings. The normalized spacial score (nSPS) is 21.9. The molecule has 2 heterocycles. The fraction of sp³-hybridized carbons (Fsp3) is 0.375. The lowest BCUT2D eigenvalue weighted by Crippen LogP contribution is -3.14. The molecule has 0 atom stereocenters. The quantitative estimate of drug-likeness (QED) is 0.861. The lowest BCUT2D eigenvalue weighted by Gasteiger charge is -2.26. The first-order valence-corrected chi connectivity index (χ1v) is 8.67. The monoisotopic (exact) mass is 337 g/mol. The van der Waals surface area contributed by atoms with Crippen molar-refractivity contribution in [2.45, 2.75) is 19.3 Å². The van der Waals surface area contributed by atoms with Crippen LogP contribution in [0.4, 0.5) is 4.79 Å². The van der Waals surface area contributed by atoms with Crippen LogP contribution in [0.25, 0.3) is 6.08 Å². The third-order valence-electron chi connectivity index (χ3n) is 3.98. The van der Waals surface area contributed by atoms with Crippen LogP contribution in [0.1, 0.15) is 24.8 Å². The largest absolute Gasteiger partial charge is 0.317 e. The van der Waals surface area contributed by atoms with Crippen molar-refractivity contribution in [1.29, 1.82) is 0 Å². The fourth-order valence-electron chi connectivity index (χ4n) is 2.78. The molecule has 6 heteroatoms. The van der Waals surface area contributed by atoms with Gasteiger partial charge in [0.1, 0.15) is 0 Å². The van der Waals surface area contributed by atoms with Crippen molar-refractivity contribution < 1.29 is 14.5 Å². The van der Waals surface area contributed by atoms with Crippen molar-refractivity contribution in [3.8, 4) is 0 Å². The van der Waals surface area contributed by atoms with Gasteiger partial charge in [0.15, 0.2) is 6.67 Å². The van der Waals surface area contributed by atoms with Gasteiger partial charge in [0.05, 0.1) is 18.0 Å². The zero-order valence-electron chi connectivity index (χ0n) is 12.2. The summed E-state index contributed by atoms with van der Waals surface area (Å²) in [6.07, 6.45) is 5.35. The molecule has 0 unspecified atom stereocenters. The van der Waals surface area contributed by atoms with Gasteiger partial charge in [-0.25, -0.2) is 4.90 Å². The Hall–Kier alpha value is -1.30. The van der Waals surface area contributed by atoms with Gasteiger partial charge in [-0.2, -0.15) is 0 Å². The Kier molecular flexibility index (Phi) is 4.86. The molecule has 0 bridgehead atoms. The number of carbonyl (C=O) groups is 2. The topological polar surface area (TPSA) is 41.8 Å². The molecule has 1 N–H and O–H groups in total. The highest BCUT2D eigenvalue weighted by molar-refractivity contribution is 8.18. The summed E-state index contributed by atoms with van der Waals surface area (Å²) in [6, 6.07) is 7.23. The van der Waals surface area contributed by atoms with Crippen LogP contribution < -0.4 is 4.90 Å². The molecular formula is C16H18ClN2O2S+. The third-order valence-corrected chi connectivity index (χ3v) is 5.14. The molecule has 22 heavy (non-hydrogen) atoms. The van der Waals surface area contributed by atoms with E-state index < -0.39 is 0 Å². The highest BCUT2D eigenvalue weighted by Crippen LogP contribution is 2.31. The number of imide groups is 1. The summed E-state index contributed by atoms with van der Waals surface area (Å²) in [6.45, 7) is 2.57. The number of halogens is 1. The summed E-state index contributed by atoms with van der Waals surface area (Å²) < 4.78 is 0. The van der Waals surface area contributed by atoms with Crippen molar-refractivity contribution in [2.24, 2.45) is 0 Å². The predicted molar refractivity (Wildman–Crippen MR) is 88.7 cm³/mol. The number of piperidine rings is 1. The molecule has 3 rings (SSSR count). The average molecular weight is 338 g/mol. The molecule has 0 aromatic heterocycles. The Morgan fingerprint density at radius 1 is 1.14 bits per heavy atom. The maximum absolute atomic E-state index is 12.4. The van der Waals surface area contributed by atoms with Gasteiger partial charge >= 0.3 is 0 Å². The van der Waals surface area contributed by atoms with E-state index in [0.29, 0.717) is 16.6 Å². The van der Waals surface area contributed by atoms with E-state index in [0.717, 1.165) is 30.4 Å². The second kappa shape index (κ2) is 6.86. The maximum atomic E-state index is 12.4. The van der Waals surface area contributed by atoms with Crippen LogP contribution in [0.5, 0.6) is 0 Å². The van der Waals surface area contributed by atoms with Gasteiger partial charge < -0.3 is 4.90 Å². The Morgan fingerprint density at radius 3 is 2.50 bits per heavy atom. The number of hydrogen-bond acceptors (Lipinski definition) is 3. The van der Waals surface area contributed by atoms with E-state index in [-0.39, 0.29) is 11.1 Å². The van der Waals surface area contributed by atoms with E-state index in [1.165, 1.54) is 29.1 Å². The molecule has 0 spiro atoms. The number of likely N-dealkylation sites (tertiary alicyclic amines) is 1. The van der Waals surface area contributed by atoms with Gasteiger partial charge in [0, 0.05) is 5.02 Å². The fourth-order valence-corrected chi connectivity index (χ4v) is 3.74. The number of rotatable bonds is 3. The lowest BCUT2D eigenvalue weighted by molar-refractivity contribution is -0.912. The number of thioether (sulfide) groups is 1. The molecule has 0 aliphatic carbocycles. The third kappa shape index (κ3) is 3.54. The van der Waals surface area contributed by atoms with Crippen LogP contribution in [0, 0.1) is 0 Å². The van der Waals surface area contributed by atoms with Crippen LogP contribution in [0.3, 0.4) is 0 Å². The summed E-state index contributed by atoms with van der Waals surface area (Å²) in [5, 5.41) is 0.488. The molecule has 2 saturated heterocycles. The molecule has 0 radical (unpaired) electrons. The van der Waals surface area contributed by atoms with Crippen molar-refractivity contribution in [3.63, 3.8) is 0 Å². The number of nitrogens with one attached hydrogen (secondary N) is 1. The Bertz CT molecular complexity index is 609. The second-order valence-electron chi connectivity index (χ2n) is 5.63. The standard InChI is InChI=1S/C16H17ClN2O2S/c17-13-6-4-12(5-7-13)10-14-15(20)19(16(21)22-14)11-18-8-2-1-3-9-18/h4-7,10H,1-3,8-9,11H2/p+1/b14-10+. The molecule has 2 amide bonds. The van der Waals surface area contributed by atoms with E-state index in [1.54, 1.807) is 18.2 Å². The first-order valence-electron chi connectivity index (χ1n) is 7.48. The van der Waals surface area contributed by atoms with Crippen LogP contribution in [-0.2, 0) is 4.79 Å². The summed E-state index contributed by atoms with van der Waals surface area (Å²) >= 11 is 6.88. The van der Waals surface area contributed by atoms with E-state index in [2.05, 4.69) is 0 Å². The van der Waals surface area contributed by atoms with Gasteiger partial charge in [-0.1, -0.05) is 23.7 Å². The van der Waals surface area contributed by atoms with E-state index in [9.17, 15) is 9.59 Å². The first-order chi connectivity index (χ1) is 10.6. The average Bonchev–Trinajstić information content (AvgIpc) is 2.78. The lowest BCUT2D eigenvalue weighted by atomic mass is 10.1. The number of amides is 2. The van der Waals surface area contributed by atoms with Crippen molar-refractivity contribution >= 4 is 40.6 Å². The second-order valence-corrected chi connectivity index (χ2v) is 7.06. The van der Waals surface area contributed by atoms with Crippen LogP contribution >= 0.6 is 23.4 Å². The van der Waals surface area contributed by atoms with E-state index >= 15 is 0 Å². The van der Waals surface area contributed by atoms with Crippen LogP contribution in [0.15, 0.2) is 29.2 Å². The van der Waals surface area contributed by atoms with E-state index in [4.69, 9.17) is 11.6 Å². The van der Waals surface area contributed by atoms with Crippen molar-refractivity contribution in [3.05, 3.63) is 39.8 Å². The van der Waals surface area contributed by atoms with Crippen molar-refractivity contribution in [1.82, 2.24) is 4.90 Å². The summed E-state index contributed by atoms with van der Waals surface area (Å²) in [5.74, 6) is -0.178. The Balaban J connectivity index is 1.71. The summed E-state index contributed by atoms with van der Waals surface area (Å²) in [4.78, 5) is 27.7. The highest BCUT2D eigenvalue weighted by atomic mass is 35.5. The molecule has 2 aliphatic heterocycles. The van der Waals surface area contributed by atoms with Gasteiger partial charge in [-0.15, -0.1) is 0 Å². The minimum absolute atomic E-state index is 0.164. The molecule has 116 valence electrons. The number of benzene rings is 1. The van der Waals surface area contributed by atoms with Crippen LogP contribution in [-0.4, -0.2) is 35.8 Å². The first kappa shape index (κ1) is 15.6. The van der Waals surface area contributed by atoms with Crippen molar-refractivity contribution in [2.75, 3.05) is 19.8 Å². The van der Waals surface area contributed by atoms with E-state index in [1.807, 2.05) is 12.1 Å². The number of nitrogens with zero attached hydrogens (tertiary/aromatic N) is 1. The molecule has 4 nitrogen and oxygen atoms in total. The summed E-state index contributed by atoms with van der Waals surface area (Å²) in [7, 11) is 0. The maximum Gasteiger partial charge on any atom is 0.298 e. The minimum Gasteiger partial charge on any atom is -0.317 e. The molecule has 0 saturated carbocycles. The summed E-state index contributed by atoms with van der Waals surface area (Å²) in [5.41, 5.74) is 0.875. The zero-order valence-corrected chi connectivity index (χ0v) is 13.8. The van der Waals surface area contributed by atoms with Gasteiger partial charge in [0.2, 0.25) is 0 Å². The Labute approximate surface area is 139 Å². The molecule has 1 aromatic carbocycles. The highest BCUT2D eigenvalue weighted by Gasteiger charge is 2.37. The number of carbonyl (C=O) groups excluding carboxylic acids is 2. The van der Waals surface area contributed by atoms with Crippen LogP contribution in [0.2, 0.25) is 5.02 Å². The molecule has 2 aliphatic rings. The SMILES string of the molecule is O=C1S/C(=C/c2ccc(Cl)cc2)C(=O)N1C[NH+]1CCCCC1. The smallest absolute Gasteiger partial charge is 0.298 e. The number of hydrogen-bond donors (Lipinski definition) is 1. The minimum atomic E-state index is -0.178. The molecular weight excluding hydrogens is 320 g/mol.